The molecule has 1 N–H and O–H groups in total. The highest BCUT2D eigenvalue weighted by molar-refractivity contribution is 7.92. The van der Waals surface area contributed by atoms with Crippen LogP contribution in [0.5, 0.6) is 0 Å². The van der Waals surface area contributed by atoms with Crippen LogP contribution in [-0.4, -0.2) is 43.8 Å². The van der Waals surface area contributed by atoms with E-state index in [1.54, 1.807) is 18.2 Å². The third-order valence-electron chi connectivity index (χ3n) is 6.00. The first-order chi connectivity index (χ1) is 18.4. The fourth-order valence-corrected chi connectivity index (χ4v) is 6.17. The largest absolute Gasteiger partial charge is 0.352 e. The summed E-state index contributed by atoms with van der Waals surface area (Å²) in [6.45, 7) is 7.00. The van der Waals surface area contributed by atoms with Crippen molar-refractivity contribution in [3.8, 4) is 0 Å². The van der Waals surface area contributed by atoms with Crippen molar-refractivity contribution in [2.24, 2.45) is 0 Å². The van der Waals surface area contributed by atoms with E-state index in [4.69, 9.17) is 23.2 Å². The summed E-state index contributed by atoms with van der Waals surface area (Å²) in [6.07, 6.45) is 0.338. The predicted molar refractivity (Wildman–Crippen MR) is 157 cm³/mol. The first kappa shape index (κ1) is 30.5. The monoisotopic (exact) mass is 589 g/mol. The minimum Gasteiger partial charge on any atom is -0.352 e. The topological polar surface area (TPSA) is 86.8 Å². The van der Waals surface area contributed by atoms with Gasteiger partial charge in [0.1, 0.15) is 12.6 Å². The van der Waals surface area contributed by atoms with Gasteiger partial charge in [0.05, 0.1) is 10.6 Å². The summed E-state index contributed by atoms with van der Waals surface area (Å²) in [5.74, 6) is -0.852. The maximum Gasteiger partial charge on any atom is 0.264 e. The number of carbonyl (C=O) groups is 2. The van der Waals surface area contributed by atoms with Crippen LogP contribution >= 0.6 is 23.2 Å². The lowest BCUT2D eigenvalue weighted by Crippen LogP contribution is -2.53. The molecule has 0 aliphatic heterocycles. The van der Waals surface area contributed by atoms with Gasteiger partial charge in [0.25, 0.3) is 10.0 Å². The number of sulfonamides is 1. The molecule has 0 aliphatic rings. The van der Waals surface area contributed by atoms with E-state index in [1.165, 1.54) is 35.2 Å². The molecule has 0 radical (unpaired) electrons. The summed E-state index contributed by atoms with van der Waals surface area (Å²) in [4.78, 5) is 28.6. The Morgan fingerprint density at radius 1 is 0.923 bits per heavy atom. The zero-order valence-electron chi connectivity index (χ0n) is 22.4. The second-order valence-corrected chi connectivity index (χ2v) is 12.3. The average molecular weight is 591 g/mol. The highest BCUT2D eigenvalue weighted by Gasteiger charge is 2.34. The number of anilines is 1. The third kappa shape index (κ3) is 7.97. The number of nitrogens with zero attached hydrogens (tertiary/aromatic N) is 2. The summed E-state index contributed by atoms with van der Waals surface area (Å²) in [5.41, 5.74) is 1.96. The van der Waals surface area contributed by atoms with Crippen LogP contribution in [-0.2, 0) is 26.2 Å². The molecule has 10 heteroatoms. The van der Waals surface area contributed by atoms with Gasteiger partial charge in [-0.05, 0) is 63.1 Å². The SMILES string of the molecule is CC[C@@H](C(=O)NC(C)C)N(Cc1cccc(C)c1)C(=O)CN(c1cc(Cl)cc(Cl)c1)S(=O)(=O)c1ccccc1. The van der Waals surface area contributed by atoms with Gasteiger partial charge >= 0.3 is 0 Å². The predicted octanol–water partition coefficient (Wildman–Crippen LogP) is 5.83. The molecule has 0 unspecified atom stereocenters. The van der Waals surface area contributed by atoms with E-state index in [0.717, 1.165) is 15.4 Å². The van der Waals surface area contributed by atoms with Gasteiger partial charge in [-0.1, -0.05) is 78.2 Å². The molecule has 3 aromatic rings. The minimum atomic E-state index is -4.20. The lowest BCUT2D eigenvalue weighted by atomic mass is 10.1. The highest BCUT2D eigenvalue weighted by Crippen LogP contribution is 2.30. The molecule has 0 spiro atoms. The second kappa shape index (κ2) is 13.3. The standard InChI is InChI=1S/C29H33Cl2N3O4S/c1-5-27(29(36)32-20(2)3)33(18-22-11-9-10-21(4)14-22)28(35)19-34(25-16-23(30)15-24(31)17-25)39(37,38)26-12-7-6-8-13-26/h6-17,20,27H,5,18-19H2,1-4H3,(H,32,36)/t27-/m0/s1. The van der Waals surface area contributed by atoms with E-state index in [1.807, 2.05) is 52.0 Å². The Kier molecular flexibility index (Phi) is 10.4. The van der Waals surface area contributed by atoms with Gasteiger partial charge in [0.2, 0.25) is 11.8 Å². The number of hydrogen-bond acceptors (Lipinski definition) is 4. The van der Waals surface area contributed by atoms with Crippen molar-refractivity contribution in [3.05, 3.63) is 94.0 Å². The fourth-order valence-electron chi connectivity index (χ4n) is 4.24. The van der Waals surface area contributed by atoms with Crippen LogP contribution in [0, 0.1) is 6.92 Å². The zero-order valence-corrected chi connectivity index (χ0v) is 24.7. The Hall–Kier alpha value is -3.07. The van der Waals surface area contributed by atoms with Crippen LogP contribution in [0.2, 0.25) is 10.0 Å². The van der Waals surface area contributed by atoms with Gasteiger partial charge in [-0.2, -0.15) is 0 Å². The molecule has 39 heavy (non-hydrogen) atoms. The van der Waals surface area contributed by atoms with Gasteiger partial charge < -0.3 is 10.2 Å². The van der Waals surface area contributed by atoms with Gasteiger partial charge in [0, 0.05) is 22.6 Å². The van der Waals surface area contributed by atoms with E-state index in [2.05, 4.69) is 5.32 Å². The molecule has 0 fully saturated rings. The number of amides is 2. The van der Waals surface area contributed by atoms with E-state index < -0.39 is 28.5 Å². The van der Waals surface area contributed by atoms with Crippen LogP contribution in [0.3, 0.4) is 0 Å². The lowest BCUT2D eigenvalue weighted by molar-refractivity contribution is -0.140. The molecule has 3 aromatic carbocycles. The molecule has 0 saturated carbocycles. The van der Waals surface area contributed by atoms with E-state index in [9.17, 15) is 18.0 Å². The number of carbonyl (C=O) groups excluding carboxylic acids is 2. The lowest BCUT2D eigenvalue weighted by Gasteiger charge is -2.33. The molecule has 2 amide bonds. The molecule has 0 saturated heterocycles. The van der Waals surface area contributed by atoms with Crippen molar-refractivity contribution in [3.63, 3.8) is 0 Å². The number of nitrogens with one attached hydrogen (secondary N) is 1. The Labute approximate surface area is 240 Å². The average Bonchev–Trinajstić information content (AvgIpc) is 2.86. The van der Waals surface area contributed by atoms with Crippen LogP contribution in [0.4, 0.5) is 5.69 Å². The second-order valence-electron chi connectivity index (χ2n) is 9.55. The quantitative estimate of drug-likeness (QED) is 0.305. The van der Waals surface area contributed by atoms with Crippen molar-refractivity contribution in [1.82, 2.24) is 10.2 Å². The van der Waals surface area contributed by atoms with Crippen molar-refractivity contribution < 1.29 is 18.0 Å². The smallest absolute Gasteiger partial charge is 0.264 e. The number of benzene rings is 3. The van der Waals surface area contributed by atoms with Gasteiger partial charge in [-0.25, -0.2) is 8.42 Å². The molecule has 0 aromatic heterocycles. The molecule has 0 heterocycles. The first-order valence-corrected chi connectivity index (χ1v) is 14.8. The van der Waals surface area contributed by atoms with Gasteiger partial charge in [0.15, 0.2) is 0 Å². The maximum atomic E-state index is 14.0. The Morgan fingerprint density at radius 2 is 1.56 bits per heavy atom. The third-order valence-corrected chi connectivity index (χ3v) is 8.22. The molecule has 0 bridgehead atoms. The molecule has 0 aliphatic carbocycles. The van der Waals surface area contributed by atoms with Crippen molar-refractivity contribution in [2.45, 2.75) is 57.6 Å². The molecular formula is C29H33Cl2N3O4S. The summed E-state index contributed by atoms with van der Waals surface area (Å²) in [6, 6.07) is 18.8. The fraction of sp³-hybridized carbons (Fsp3) is 0.310. The number of hydrogen-bond donors (Lipinski definition) is 1. The van der Waals surface area contributed by atoms with E-state index in [-0.39, 0.29) is 39.1 Å². The molecular weight excluding hydrogens is 557 g/mol. The Balaban J connectivity index is 2.09. The van der Waals surface area contributed by atoms with E-state index >= 15 is 0 Å². The number of halogens is 2. The van der Waals surface area contributed by atoms with Crippen molar-refractivity contribution in [2.75, 3.05) is 10.8 Å². The molecule has 7 nitrogen and oxygen atoms in total. The maximum absolute atomic E-state index is 14.0. The van der Waals surface area contributed by atoms with Crippen LogP contribution in [0.1, 0.15) is 38.3 Å². The van der Waals surface area contributed by atoms with Crippen LogP contribution in [0.25, 0.3) is 0 Å². The summed E-state index contributed by atoms with van der Waals surface area (Å²) < 4.78 is 28.6. The normalized spacial score (nSPS) is 12.2. The van der Waals surface area contributed by atoms with E-state index in [0.29, 0.717) is 6.42 Å². The van der Waals surface area contributed by atoms with Crippen LogP contribution < -0.4 is 9.62 Å². The Bertz CT molecular complexity index is 1390. The summed E-state index contributed by atoms with van der Waals surface area (Å²) in [5, 5.41) is 3.32. The Morgan fingerprint density at radius 3 is 2.13 bits per heavy atom. The zero-order chi connectivity index (χ0) is 28.7. The summed E-state index contributed by atoms with van der Waals surface area (Å²) in [7, 11) is -4.20. The number of rotatable bonds is 11. The minimum absolute atomic E-state index is 0.00345. The number of aryl methyl sites for hydroxylation is 1. The van der Waals surface area contributed by atoms with Crippen molar-refractivity contribution >= 4 is 50.7 Å². The summed E-state index contributed by atoms with van der Waals surface area (Å²) >= 11 is 12.4. The van der Waals surface area contributed by atoms with Gasteiger partial charge in [-0.3, -0.25) is 13.9 Å². The molecule has 1 atom stereocenters. The first-order valence-electron chi connectivity index (χ1n) is 12.6. The van der Waals surface area contributed by atoms with Crippen molar-refractivity contribution in [1.29, 1.82) is 0 Å². The van der Waals surface area contributed by atoms with Crippen LogP contribution in [0.15, 0.2) is 77.7 Å². The highest BCUT2D eigenvalue weighted by atomic mass is 35.5. The molecule has 3 rings (SSSR count). The van der Waals surface area contributed by atoms with Gasteiger partial charge in [-0.15, -0.1) is 0 Å². The molecule has 208 valence electrons.